The van der Waals surface area contributed by atoms with E-state index in [9.17, 15) is 4.79 Å². The Hall–Kier alpha value is -0.530. The van der Waals surface area contributed by atoms with Crippen molar-refractivity contribution in [2.75, 3.05) is 6.61 Å². The minimum atomic E-state index is -0.0522. The van der Waals surface area contributed by atoms with Gasteiger partial charge in [0.2, 0.25) is 0 Å². The van der Waals surface area contributed by atoms with Crippen LogP contribution >= 0.6 is 0 Å². The number of unbranched alkanes of at least 4 members (excludes halogenated alkanes) is 3. The van der Waals surface area contributed by atoms with Gasteiger partial charge in [0.15, 0.2) is 0 Å². The molecule has 0 N–H and O–H groups in total. The van der Waals surface area contributed by atoms with Crippen LogP contribution < -0.4 is 0 Å². The van der Waals surface area contributed by atoms with Crippen molar-refractivity contribution < 1.29 is 9.53 Å². The van der Waals surface area contributed by atoms with Gasteiger partial charge in [0.25, 0.3) is 0 Å². The number of hydrogen-bond acceptors (Lipinski definition) is 2. The van der Waals surface area contributed by atoms with Crippen LogP contribution in [0.5, 0.6) is 0 Å². The second-order valence-corrected chi connectivity index (χ2v) is 3.32. The van der Waals surface area contributed by atoms with Crippen molar-refractivity contribution in [2.45, 2.75) is 95.9 Å². The maximum Gasteiger partial charge on any atom is 0.305 e. The fourth-order valence-electron chi connectivity index (χ4n) is 0.929. The minimum absolute atomic E-state index is 0. The van der Waals surface area contributed by atoms with E-state index in [-0.39, 0.29) is 35.7 Å². The molecule has 0 saturated heterocycles. The third-order valence-corrected chi connectivity index (χ3v) is 1.54. The average Bonchev–Trinajstić information content (AvgIpc) is 2.14. The van der Waals surface area contributed by atoms with Gasteiger partial charge >= 0.3 is 5.97 Å². The molecular formula is C16H42O2. The normalized spacial score (nSPS) is 6.89. The Morgan fingerprint density at radius 2 is 1.28 bits per heavy atom. The summed E-state index contributed by atoms with van der Waals surface area (Å²) in [5, 5.41) is 0. The zero-order valence-corrected chi connectivity index (χ0v) is 10.3. The third-order valence-electron chi connectivity index (χ3n) is 1.54. The molecule has 0 aliphatic carbocycles. The molecule has 118 valence electrons. The summed E-state index contributed by atoms with van der Waals surface area (Å²) in [5.74, 6) is -0.0522. The molecule has 0 aliphatic heterocycles. The maximum atomic E-state index is 10.8. The lowest BCUT2D eigenvalue weighted by Gasteiger charge is -2.00. The summed E-state index contributed by atoms with van der Waals surface area (Å²) < 4.78 is 4.78. The summed E-state index contributed by atoms with van der Waals surface area (Å²) in [6, 6.07) is 0. The molecule has 0 rings (SSSR count). The van der Waals surface area contributed by atoms with Crippen molar-refractivity contribution in [3.63, 3.8) is 0 Å². The fraction of sp³-hybridized carbons (Fsp3) is 0.938. The highest BCUT2D eigenvalue weighted by molar-refractivity contribution is 5.69. The van der Waals surface area contributed by atoms with Crippen LogP contribution in [0.15, 0.2) is 0 Å². The van der Waals surface area contributed by atoms with Gasteiger partial charge in [-0.2, -0.15) is 0 Å². The van der Waals surface area contributed by atoms with Crippen LogP contribution in [0.1, 0.15) is 95.9 Å². The van der Waals surface area contributed by atoms with Gasteiger partial charge in [-0.15, -0.1) is 0 Å². The SMILES string of the molecule is C.C.C.C.CCC.CCCCCCC(=O)OCC. The summed E-state index contributed by atoms with van der Waals surface area (Å²) in [4.78, 5) is 10.8. The van der Waals surface area contributed by atoms with E-state index in [2.05, 4.69) is 20.8 Å². The van der Waals surface area contributed by atoms with E-state index in [1.54, 1.807) is 0 Å². The van der Waals surface area contributed by atoms with E-state index in [0.717, 1.165) is 12.8 Å². The number of esters is 1. The van der Waals surface area contributed by atoms with Crippen molar-refractivity contribution in [3.05, 3.63) is 0 Å². The Morgan fingerprint density at radius 1 is 0.833 bits per heavy atom. The first-order chi connectivity index (χ1) is 6.72. The summed E-state index contributed by atoms with van der Waals surface area (Å²) >= 11 is 0. The van der Waals surface area contributed by atoms with Gasteiger partial charge < -0.3 is 4.74 Å². The van der Waals surface area contributed by atoms with Crippen molar-refractivity contribution in [1.29, 1.82) is 0 Å². The first-order valence-corrected chi connectivity index (χ1v) is 5.88. The summed E-state index contributed by atoms with van der Waals surface area (Å²) in [5.41, 5.74) is 0. The minimum Gasteiger partial charge on any atom is -0.466 e. The van der Waals surface area contributed by atoms with Crippen LogP contribution in [0, 0.1) is 0 Å². The fourth-order valence-corrected chi connectivity index (χ4v) is 0.929. The molecule has 0 amide bonds. The second-order valence-electron chi connectivity index (χ2n) is 3.32. The van der Waals surface area contributed by atoms with Crippen molar-refractivity contribution >= 4 is 5.97 Å². The molecule has 2 heteroatoms. The molecule has 0 radical (unpaired) electrons. The lowest BCUT2D eigenvalue weighted by Crippen LogP contribution is -2.02. The van der Waals surface area contributed by atoms with Crippen molar-refractivity contribution in [3.8, 4) is 0 Å². The molecule has 0 aliphatic rings. The molecule has 2 nitrogen and oxygen atoms in total. The van der Waals surface area contributed by atoms with Gasteiger partial charge in [-0.25, -0.2) is 0 Å². The van der Waals surface area contributed by atoms with E-state index < -0.39 is 0 Å². The molecule has 18 heavy (non-hydrogen) atoms. The van der Waals surface area contributed by atoms with Gasteiger partial charge in [-0.1, -0.05) is 76.2 Å². The lowest BCUT2D eigenvalue weighted by molar-refractivity contribution is -0.143. The largest absolute Gasteiger partial charge is 0.466 e. The molecule has 0 atom stereocenters. The van der Waals surface area contributed by atoms with Crippen LogP contribution in [-0.2, 0) is 9.53 Å². The highest BCUT2D eigenvalue weighted by Crippen LogP contribution is 2.02. The van der Waals surface area contributed by atoms with Crippen LogP contribution in [0.3, 0.4) is 0 Å². The number of carbonyl (C=O) groups is 1. The molecule has 0 aromatic rings. The second kappa shape index (κ2) is 36.0. The number of carbonyl (C=O) groups excluding carboxylic acids is 1. The summed E-state index contributed by atoms with van der Waals surface area (Å²) in [7, 11) is 0. The molecular weight excluding hydrogens is 224 g/mol. The molecule has 0 unspecified atom stereocenters. The Balaban J connectivity index is -0.0000000469. The quantitative estimate of drug-likeness (QED) is 0.406. The van der Waals surface area contributed by atoms with E-state index in [0.29, 0.717) is 13.0 Å². The molecule has 0 aromatic carbocycles. The van der Waals surface area contributed by atoms with E-state index in [1.165, 1.54) is 19.3 Å². The lowest BCUT2D eigenvalue weighted by atomic mass is 10.2. The van der Waals surface area contributed by atoms with Gasteiger partial charge in [0, 0.05) is 6.42 Å². The summed E-state index contributed by atoms with van der Waals surface area (Å²) in [6.45, 7) is 8.75. The predicted octanol–water partition coefficient (Wildman–Crippen LogP) is 6.48. The molecule has 0 spiro atoms. The van der Waals surface area contributed by atoms with Crippen molar-refractivity contribution in [2.24, 2.45) is 0 Å². The zero-order valence-electron chi connectivity index (χ0n) is 10.3. The monoisotopic (exact) mass is 266 g/mol. The zero-order chi connectivity index (χ0) is 11.2. The van der Waals surface area contributed by atoms with E-state index >= 15 is 0 Å². The highest BCUT2D eigenvalue weighted by atomic mass is 16.5. The summed E-state index contributed by atoms with van der Waals surface area (Å²) in [6.07, 6.45) is 6.40. The Morgan fingerprint density at radius 3 is 1.61 bits per heavy atom. The first kappa shape index (κ1) is 36.0. The van der Waals surface area contributed by atoms with E-state index in [1.807, 2.05) is 6.92 Å². The molecule has 0 bridgehead atoms. The third kappa shape index (κ3) is 45.2. The van der Waals surface area contributed by atoms with Gasteiger partial charge in [0.05, 0.1) is 6.61 Å². The van der Waals surface area contributed by atoms with Crippen LogP contribution in [0.2, 0.25) is 0 Å². The first-order valence-electron chi connectivity index (χ1n) is 5.88. The standard InChI is InChI=1S/C9H18O2.C3H8.4CH4/c1-3-5-6-7-8-9(10)11-4-2;1-3-2;;;;/h3-8H2,1-2H3;3H2,1-2H3;4*1H4. The van der Waals surface area contributed by atoms with Crippen LogP contribution in [0.4, 0.5) is 0 Å². The van der Waals surface area contributed by atoms with Crippen LogP contribution in [0.25, 0.3) is 0 Å². The Bertz CT molecular complexity index is 112. The highest BCUT2D eigenvalue weighted by Gasteiger charge is 1.99. The number of hydrogen-bond donors (Lipinski definition) is 0. The van der Waals surface area contributed by atoms with E-state index in [4.69, 9.17) is 4.74 Å². The molecule has 0 heterocycles. The predicted molar refractivity (Wildman–Crippen MR) is 88.3 cm³/mol. The molecule has 0 saturated carbocycles. The Labute approximate surface area is 119 Å². The topological polar surface area (TPSA) is 26.3 Å². The maximum absolute atomic E-state index is 10.8. The van der Waals surface area contributed by atoms with Gasteiger partial charge in [-0.05, 0) is 13.3 Å². The Kier molecular flexibility index (Phi) is 72.0. The van der Waals surface area contributed by atoms with Gasteiger partial charge in [-0.3, -0.25) is 4.79 Å². The smallest absolute Gasteiger partial charge is 0.305 e. The average molecular weight is 267 g/mol. The van der Waals surface area contributed by atoms with Crippen molar-refractivity contribution in [1.82, 2.24) is 0 Å². The van der Waals surface area contributed by atoms with Crippen LogP contribution in [-0.4, -0.2) is 12.6 Å². The van der Waals surface area contributed by atoms with Gasteiger partial charge in [0.1, 0.15) is 0 Å². The number of ether oxygens (including phenoxy) is 1. The molecule has 0 fully saturated rings. The number of rotatable bonds is 6. The molecule has 0 aromatic heterocycles.